The summed E-state index contributed by atoms with van der Waals surface area (Å²) in [7, 11) is 3.43. The van der Waals surface area contributed by atoms with Gasteiger partial charge in [0.2, 0.25) is 0 Å². The maximum atomic E-state index is 5.59. The van der Waals surface area contributed by atoms with Gasteiger partial charge in [0.15, 0.2) is 0 Å². The van der Waals surface area contributed by atoms with Gasteiger partial charge >= 0.3 is 0 Å². The largest absolute Gasteiger partial charge is 0.497 e. The van der Waals surface area contributed by atoms with Gasteiger partial charge in [-0.3, -0.25) is 0 Å². The lowest BCUT2D eigenvalue weighted by Crippen LogP contribution is -1.98. The Kier molecular flexibility index (Phi) is 6.96. The zero-order chi connectivity index (χ0) is 31.0. The van der Waals surface area contributed by atoms with Crippen molar-refractivity contribution in [1.82, 2.24) is 0 Å². The SMILES string of the molecule is COc1ccc(-c2c3ccccc3c(-c3ccccc3)c3c(-c4ccc(OC)cc4)c4ccccc4c(-c4ccccc4)c23)cc1. The highest BCUT2D eigenvalue weighted by Crippen LogP contribution is 2.53. The lowest BCUT2D eigenvalue weighted by molar-refractivity contribution is 0.415. The zero-order valence-corrected chi connectivity index (χ0v) is 25.8. The van der Waals surface area contributed by atoms with Gasteiger partial charge in [0.05, 0.1) is 14.2 Å². The van der Waals surface area contributed by atoms with E-state index in [-0.39, 0.29) is 0 Å². The van der Waals surface area contributed by atoms with Gasteiger partial charge in [-0.25, -0.2) is 0 Å². The number of hydrogen-bond donors (Lipinski definition) is 0. The number of methoxy groups -OCH3 is 2. The molecular weight excluding hydrogens is 560 g/mol. The van der Waals surface area contributed by atoms with Gasteiger partial charge < -0.3 is 9.47 Å². The Morgan fingerprint density at radius 1 is 0.283 bits per heavy atom. The molecule has 0 fully saturated rings. The van der Waals surface area contributed by atoms with Crippen LogP contribution in [-0.4, -0.2) is 14.2 Å². The minimum absolute atomic E-state index is 0.839. The minimum atomic E-state index is 0.839. The fourth-order valence-electron chi connectivity index (χ4n) is 7.05. The van der Waals surface area contributed by atoms with E-state index in [1.165, 1.54) is 65.7 Å². The standard InChI is InChI=1S/C44H32O2/c1-45-33-25-21-31(22-26-33)41-37-19-11-9-17-35(37)40(30-15-7-4-8-16-30)44-42(32-23-27-34(46-2)28-24-32)38-20-12-10-18-36(38)39(43(41)44)29-13-5-3-6-14-29/h3-28H,1-2H3. The van der Waals surface area contributed by atoms with Crippen LogP contribution in [0.15, 0.2) is 158 Å². The highest BCUT2D eigenvalue weighted by Gasteiger charge is 2.25. The Morgan fingerprint density at radius 3 is 0.826 bits per heavy atom. The highest BCUT2D eigenvalue weighted by atomic mass is 16.5. The van der Waals surface area contributed by atoms with Gasteiger partial charge in [0, 0.05) is 0 Å². The van der Waals surface area contributed by atoms with Crippen LogP contribution in [0.3, 0.4) is 0 Å². The first kappa shape index (κ1) is 27.7. The molecule has 0 radical (unpaired) electrons. The molecule has 220 valence electrons. The van der Waals surface area contributed by atoms with Gasteiger partial charge in [-0.2, -0.15) is 0 Å². The normalized spacial score (nSPS) is 11.3. The Balaban J connectivity index is 1.71. The van der Waals surface area contributed by atoms with E-state index in [2.05, 4.69) is 158 Å². The third-order valence-corrected chi connectivity index (χ3v) is 9.06. The molecule has 46 heavy (non-hydrogen) atoms. The number of hydrogen-bond acceptors (Lipinski definition) is 2. The molecule has 8 aromatic carbocycles. The van der Waals surface area contributed by atoms with Gasteiger partial charge in [-0.1, -0.05) is 133 Å². The molecule has 8 aromatic rings. The molecule has 0 bridgehead atoms. The molecule has 0 unspecified atom stereocenters. The van der Waals surface area contributed by atoms with Crippen LogP contribution in [0.4, 0.5) is 0 Å². The molecular formula is C44H32O2. The molecule has 0 saturated carbocycles. The van der Waals surface area contributed by atoms with E-state index in [1.54, 1.807) is 14.2 Å². The van der Waals surface area contributed by atoms with Crippen molar-refractivity contribution < 1.29 is 9.47 Å². The summed E-state index contributed by atoms with van der Waals surface area (Å²) in [5, 5.41) is 7.34. The molecule has 0 spiro atoms. The average molecular weight is 593 g/mol. The second-order valence-electron chi connectivity index (χ2n) is 11.5. The Bertz CT molecular complexity index is 2170. The van der Waals surface area contributed by atoms with Crippen molar-refractivity contribution in [3.63, 3.8) is 0 Å². The summed E-state index contributed by atoms with van der Waals surface area (Å²) >= 11 is 0. The van der Waals surface area contributed by atoms with Crippen LogP contribution in [0.25, 0.3) is 76.8 Å². The van der Waals surface area contributed by atoms with Crippen molar-refractivity contribution in [2.75, 3.05) is 14.2 Å². The smallest absolute Gasteiger partial charge is 0.118 e. The van der Waals surface area contributed by atoms with E-state index in [1.807, 2.05) is 0 Å². The number of fused-ring (bicyclic) bond motifs is 3. The quantitative estimate of drug-likeness (QED) is 0.179. The van der Waals surface area contributed by atoms with Crippen LogP contribution in [0, 0.1) is 0 Å². The third kappa shape index (κ3) is 4.50. The first-order valence-corrected chi connectivity index (χ1v) is 15.6. The lowest BCUT2D eigenvalue weighted by atomic mass is 9.77. The van der Waals surface area contributed by atoms with Gasteiger partial charge in [0.25, 0.3) is 0 Å². The van der Waals surface area contributed by atoms with Gasteiger partial charge in [0.1, 0.15) is 11.5 Å². The fraction of sp³-hybridized carbons (Fsp3) is 0.0455. The Hall–Kier alpha value is -5.86. The summed E-state index contributed by atoms with van der Waals surface area (Å²) in [5.74, 6) is 1.68. The van der Waals surface area contributed by atoms with Crippen molar-refractivity contribution in [2.45, 2.75) is 0 Å². The first-order valence-electron chi connectivity index (χ1n) is 15.6. The van der Waals surface area contributed by atoms with Crippen molar-refractivity contribution in [1.29, 1.82) is 0 Å². The van der Waals surface area contributed by atoms with Crippen molar-refractivity contribution >= 4 is 32.3 Å². The number of benzene rings is 8. The molecule has 0 saturated heterocycles. The molecule has 0 aliphatic heterocycles. The monoisotopic (exact) mass is 592 g/mol. The molecule has 2 nitrogen and oxygen atoms in total. The third-order valence-electron chi connectivity index (χ3n) is 9.06. The van der Waals surface area contributed by atoms with Gasteiger partial charge in [-0.05, 0) is 101 Å². The molecule has 8 rings (SSSR count). The zero-order valence-electron chi connectivity index (χ0n) is 25.8. The summed E-state index contributed by atoms with van der Waals surface area (Å²) in [4.78, 5) is 0. The lowest BCUT2D eigenvalue weighted by Gasteiger charge is -2.25. The topological polar surface area (TPSA) is 18.5 Å². The average Bonchev–Trinajstić information content (AvgIpc) is 3.13. The predicted octanol–water partition coefficient (Wildman–Crippen LogP) is 11.8. The minimum Gasteiger partial charge on any atom is -0.497 e. The summed E-state index contributed by atoms with van der Waals surface area (Å²) in [6, 6.07) is 56.5. The maximum absolute atomic E-state index is 5.59. The van der Waals surface area contributed by atoms with E-state index in [0.717, 1.165) is 22.6 Å². The van der Waals surface area contributed by atoms with Crippen LogP contribution in [0.2, 0.25) is 0 Å². The summed E-state index contributed by atoms with van der Waals surface area (Å²) in [6.07, 6.45) is 0. The molecule has 0 aliphatic carbocycles. The highest BCUT2D eigenvalue weighted by molar-refractivity contribution is 6.33. The predicted molar refractivity (Wildman–Crippen MR) is 194 cm³/mol. The van der Waals surface area contributed by atoms with Crippen LogP contribution in [-0.2, 0) is 0 Å². The molecule has 0 aromatic heterocycles. The Labute approximate surface area is 269 Å². The summed E-state index contributed by atoms with van der Waals surface area (Å²) in [6.45, 7) is 0. The van der Waals surface area contributed by atoms with Crippen LogP contribution in [0.5, 0.6) is 11.5 Å². The molecule has 0 aliphatic rings. The fourth-order valence-corrected chi connectivity index (χ4v) is 7.05. The maximum Gasteiger partial charge on any atom is 0.118 e. The molecule has 0 amide bonds. The molecule has 0 N–H and O–H groups in total. The van der Waals surface area contributed by atoms with E-state index in [0.29, 0.717) is 0 Å². The molecule has 0 heterocycles. The van der Waals surface area contributed by atoms with Crippen LogP contribution in [0.1, 0.15) is 0 Å². The Morgan fingerprint density at radius 2 is 0.543 bits per heavy atom. The molecule has 2 heteroatoms. The van der Waals surface area contributed by atoms with E-state index in [4.69, 9.17) is 9.47 Å². The van der Waals surface area contributed by atoms with Crippen molar-refractivity contribution in [3.8, 4) is 56.0 Å². The summed E-state index contributed by atoms with van der Waals surface area (Å²) < 4.78 is 11.2. The van der Waals surface area contributed by atoms with Crippen LogP contribution >= 0.6 is 0 Å². The van der Waals surface area contributed by atoms with Gasteiger partial charge in [-0.15, -0.1) is 0 Å². The van der Waals surface area contributed by atoms with Crippen LogP contribution < -0.4 is 9.47 Å². The number of rotatable bonds is 6. The second kappa shape index (κ2) is 11.6. The summed E-state index contributed by atoms with van der Waals surface area (Å²) in [5.41, 5.74) is 9.57. The van der Waals surface area contributed by atoms with E-state index in [9.17, 15) is 0 Å². The second-order valence-corrected chi connectivity index (χ2v) is 11.5. The van der Waals surface area contributed by atoms with Crippen molar-refractivity contribution in [3.05, 3.63) is 158 Å². The molecule has 0 atom stereocenters. The van der Waals surface area contributed by atoms with E-state index >= 15 is 0 Å². The van der Waals surface area contributed by atoms with E-state index < -0.39 is 0 Å². The number of ether oxygens (including phenoxy) is 2. The van der Waals surface area contributed by atoms with Crippen molar-refractivity contribution in [2.24, 2.45) is 0 Å². The first-order chi connectivity index (χ1) is 22.8.